The molecular weight excluding hydrogens is 274 g/mol. The number of aromatic carboxylic acids is 1. The summed E-state index contributed by atoms with van der Waals surface area (Å²) >= 11 is 0. The Bertz CT molecular complexity index is 642. The number of benzene rings is 1. The highest BCUT2D eigenvalue weighted by Crippen LogP contribution is 2.25. The fourth-order valence-corrected chi connectivity index (χ4v) is 1.77. The quantitative estimate of drug-likeness (QED) is 0.879. The normalized spacial score (nSPS) is 10.0. The summed E-state index contributed by atoms with van der Waals surface area (Å²) in [7, 11) is 3.14. The Morgan fingerprint density at radius 3 is 2.62 bits per heavy atom. The lowest BCUT2D eigenvalue weighted by Crippen LogP contribution is -2.02. The lowest BCUT2D eigenvalue weighted by Gasteiger charge is -2.11. The minimum absolute atomic E-state index is 0.0742. The molecule has 0 aliphatic heterocycles. The van der Waals surface area contributed by atoms with Crippen LogP contribution in [0.2, 0.25) is 0 Å². The van der Waals surface area contributed by atoms with Crippen LogP contribution in [0.25, 0.3) is 0 Å². The van der Waals surface area contributed by atoms with Gasteiger partial charge >= 0.3 is 5.97 Å². The zero-order valence-electron chi connectivity index (χ0n) is 11.7. The number of pyridine rings is 1. The Morgan fingerprint density at radius 1 is 1.14 bits per heavy atom. The molecule has 1 N–H and O–H groups in total. The van der Waals surface area contributed by atoms with E-state index in [-0.39, 0.29) is 12.2 Å². The van der Waals surface area contributed by atoms with Gasteiger partial charge in [-0.3, -0.25) is 4.98 Å². The van der Waals surface area contributed by atoms with E-state index >= 15 is 0 Å². The van der Waals surface area contributed by atoms with Crippen molar-refractivity contribution in [3.05, 3.63) is 47.8 Å². The second kappa shape index (κ2) is 6.60. The third-order valence-electron chi connectivity index (χ3n) is 2.84. The van der Waals surface area contributed by atoms with Crippen LogP contribution in [0.1, 0.15) is 15.9 Å². The van der Waals surface area contributed by atoms with E-state index in [1.54, 1.807) is 32.4 Å². The molecule has 1 aromatic heterocycles. The minimum Gasteiger partial charge on any atom is -0.497 e. The van der Waals surface area contributed by atoms with Gasteiger partial charge in [0.15, 0.2) is 0 Å². The fraction of sp³-hybridized carbons (Fsp3) is 0.200. The van der Waals surface area contributed by atoms with Crippen molar-refractivity contribution < 1.29 is 24.1 Å². The molecule has 0 bridgehead atoms. The van der Waals surface area contributed by atoms with Crippen molar-refractivity contribution in [3.63, 3.8) is 0 Å². The van der Waals surface area contributed by atoms with Gasteiger partial charge in [0, 0.05) is 11.8 Å². The first-order chi connectivity index (χ1) is 10.1. The van der Waals surface area contributed by atoms with Crippen molar-refractivity contribution in [3.8, 4) is 17.2 Å². The molecule has 0 saturated heterocycles. The first-order valence-electron chi connectivity index (χ1n) is 6.16. The van der Waals surface area contributed by atoms with E-state index < -0.39 is 5.97 Å². The number of rotatable bonds is 6. The zero-order chi connectivity index (χ0) is 15.2. The molecule has 0 aliphatic carbocycles. The minimum atomic E-state index is -1.05. The van der Waals surface area contributed by atoms with E-state index in [1.807, 2.05) is 0 Å². The number of carboxylic acids is 1. The maximum absolute atomic E-state index is 10.9. The van der Waals surface area contributed by atoms with E-state index in [0.717, 1.165) is 5.56 Å². The molecule has 21 heavy (non-hydrogen) atoms. The summed E-state index contributed by atoms with van der Waals surface area (Å²) in [4.78, 5) is 14.7. The predicted octanol–water partition coefficient (Wildman–Crippen LogP) is 2.38. The molecule has 6 heteroatoms. The van der Waals surface area contributed by atoms with E-state index in [4.69, 9.17) is 19.3 Å². The third kappa shape index (κ3) is 3.62. The molecule has 0 saturated carbocycles. The first kappa shape index (κ1) is 14.6. The summed E-state index contributed by atoms with van der Waals surface area (Å²) in [5, 5.41) is 8.91. The number of methoxy groups -OCH3 is 2. The Kier molecular flexibility index (Phi) is 4.61. The van der Waals surface area contributed by atoms with Crippen LogP contribution in [-0.4, -0.2) is 30.3 Å². The van der Waals surface area contributed by atoms with Crippen molar-refractivity contribution in [2.24, 2.45) is 0 Å². The number of aromatic nitrogens is 1. The van der Waals surface area contributed by atoms with E-state index in [2.05, 4.69) is 4.98 Å². The number of hydrogen-bond donors (Lipinski definition) is 1. The summed E-state index contributed by atoms with van der Waals surface area (Å²) in [5.74, 6) is 0.677. The summed E-state index contributed by atoms with van der Waals surface area (Å²) in [6, 6.07) is 6.79. The third-order valence-corrected chi connectivity index (χ3v) is 2.84. The molecule has 2 rings (SSSR count). The molecule has 1 heterocycles. The lowest BCUT2D eigenvalue weighted by atomic mass is 10.2. The highest BCUT2D eigenvalue weighted by atomic mass is 16.5. The molecule has 110 valence electrons. The van der Waals surface area contributed by atoms with Gasteiger partial charge in [0.2, 0.25) is 0 Å². The first-order valence-corrected chi connectivity index (χ1v) is 6.16. The standard InChI is InChI=1S/C15H15NO5/c1-19-12-3-4-14(20-2)11(6-12)9-21-13-5-10(15(17)18)7-16-8-13/h3-8H,9H2,1-2H3,(H,17,18). The van der Waals surface area contributed by atoms with Gasteiger partial charge in [0.25, 0.3) is 0 Å². The summed E-state index contributed by atoms with van der Waals surface area (Å²) in [6.07, 6.45) is 2.72. The molecule has 0 atom stereocenters. The van der Waals surface area contributed by atoms with Gasteiger partial charge in [0.05, 0.1) is 26.0 Å². The Labute approximate surface area is 121 Å². The largest absolute Gasteiger partial charge is 0.497 e. The van der Waals surface area contributed by atoms with Crippen LogP contribution in [0.3, 0.4) is 0 Å². The molecule has 2 aromatic rings. The van der Waals surface area contributed by atoms with Crippen LogP contribution >= 0.6 is 0 Å². The van der Waals surface area contributed by atoms with Crippen LogP contribution in [0.5, 0.6) is 17.2 Å². The maximum Gasteiger partial charge on any atom is 0.337 e. The Balaban J connectivity index is 2.15. The van der Waals surface area contributed by atoms with Crippen molar-refractivity contribution >= 4 is 5.97 Å². The van der Waals surface area contributed by atoms with Gasteiger partial charge < -0.3 is 19.3 Å². The maximum atomic E-state index is 10.9. The number of ether oxygens (including phenoxy) is 3. The molecule has 0 amide bonds. The number of carbonyl (C=O) groups is 1. The van der Waals surface area contributed by atoms with Gasteiger partial charge in [0.1, 0.15) is 23.9 Å². The van der Waals surface area contributed by atoms with Gasteiger partial charge in [-0.25, -0.2) is 4.79 Å². The molecule has 1 aromatic carbocycles. The summed E-state index contributed by atoms with van der Waals surface area (Å²) in [6.45, 7) is 0.213. The second-order valence-electron chi connectivity index (χ2n) is 4.18. The number of nitrogens with zero attached hydrogens (tertiary/aromatic N) is 1. The topological polar surface area (TPSA) is 77.9 Å². The molecule has 6 nitrogen and oxygen atoms in total. The average Bonchev–Trinajstić information content (AvgIpc) is 2.52. The highest BCUT2D eigenvalue weighted by molar-refractivity contribution is 5.87. The van der Waals surface area contributed by atoms with Crippen LogP contribution in [-0.2, 0) is 6.61 Å². The van der Waals surface area contributed by atoms with Crippen molar-refractivity contribution in [2.75, 3.05) is 14.2 Å². The van der Waals surface area contributed by atoms with E-state index in [0.29, 0.717) is 17.2 Å². The van der Waals surface area contributed by atoms with Crippen LogP contribution in [0, 0.1) is 0 Å². The van der Waals surface area contributed by atoms with E-state index in [9.17, 15) is 4.79 Å². The van der Waals surface area contributed by atoms with Gasteiger partial charge in [-0.1, -0.05) is 0 Å². The smallest absolute Gasteiger partial charge is 0.337 e. The number of carboxylic acid groups (broad SMARTS) is 1. The summed E-state index contributed by atoms with van der Waals surface area (Å²) in [5.41, 5.74) is 0.864. The molecule has 0 unspecified atom stereocenters. The molecule has 0 radical (unpaired) electrons. The Hall–Kier alpha value is -2.76. The summed E-state index contributed by atoms with van der Waals surface area (Å²) < 4.78 is 16.0. The van der Waals surface area contributed by atoms with Gasteiger partial charge in [-0.2, -0.15) is 0 Å². The lowest BCUT2D eigenvalue weighted by molar-refractivity contribution is 0.0696. The average molecular weight is 289 g/mol. The monoisotopic (exact) mass is 289 g/mol. The Morgan fingerprint density at radius 2 is 1.95 bits per heavy atom. The van der Waals surface area contributed by atoms with Gasteiger partial charge in [-0.15, -0.1) is 0 Å². The second-order valence-corrected chi connectivity index (χ2v) is 4.18. The van der Waals surface area contributed by atoms with Crippen LogP contribution in [0.15, 0.2) is 36.7 Å². The van der Waals surface area contributed by atoms with Crippen molar-refractivity contribution in [1.29, 1.82) is 0 Å². The van der Waals surface area contributed by atoms with E-state index in [1.165, 1.54) is 18.5 Å². The zero-order valence-corrected chi connectivity index (χ0v) is 11.7. The fourth-order valence-electron chi connectivity index (χ4n) is 1.77. The van der Waals surface area contributed by atoms with Gasteiger partial charge in [-0.05, 0) is 24.3 Å². The SMILES string of the molecule is COc1ccc(OC)c(COc2cncc(C(=O)O)c2)c1. The molecule has 0 fully saturated rings. The van der Waals surface area contributed by atoms with Crippen LogP contribution in [0.4, 0.5) is 0 Å². The highest BCUT2D eigenvalue weighted by Gasteiger charge is 2.08. The predicted molar refractivity (Wildman–Crippen MR) is 75.1 cm³/mol. The molecule has 0 aliphatic rings. The molecule has 0 spiro atoms. The van der Waals surface area contributed by atoms with Crippen molar-refractivity contribution in [2.45, 2.75) is 6.61 Å². The molecular formula is C15H15NO5. The van der Waals surface area contributed by atoms with Crippen molar-refractivity contribution in [1.82, 2.24) is 4.98 Å². The van der Waals surface area contributed by atoms with Crippen LogP contribution < -0.4 is 14.2 Å². The number of hydrogen-bond acceptors (Lipinski definition) is 5.